The minimum Gasteiger partial charge on any atom is -0.350 e. The molecule has 15 heavy (non-hydrogen) atoms. The van der Waals surface area contributed by atoms with Gasteiger partial charge < -0.3 is 14.8 Å². The van der Waals surface area contributed by atoms with Gasteiger partial charge in [-0.15, -0.1) is 23.9 Å². The van der Waals surface area contributed by atoms with Crippen molar-refractivity contribution >= 4 is 17.5 Å². The maximum Gasteiger partial charge on any atom is 0.238 e. The highest BCUT2D eigenvalue weighted by atomic mass is 35.5. The number of carbonyl (C=O) groups excluding carboxylic acids is 1. The Morgan fingerprint density at radius 1 is 1.60 bits per heavy atom. The van der Waals surface area contributed by atoms with E-state index in [-0.39, 0.29) is 12.2 Å². The molecule has 0 aromatic carbocycles. The molecule has 0 spiro atoms. The summed E-state index contributed by atoms with van der Waals surface area (Å²) in [5.74, 6) is 2.21. The molecule has 0 aromatic rings. The van der Waals surface area contributed by atoms with Crippen molar-refractivity contribution in [2.24, 2.45) is 0 Å². The molecule has 1 saturated heterocycles. The molecule has 1 aliphatic heterocycles. The zero-order chi connectivity index (χ0) is 11.1. The lowest BCUT2D eigenvalue weighted by Gasteiger charge is -2.12. The van der Waals surface area contributed by atoms with E-state index in [2.05, 4.69) is 11.2 Å². The first-order chi connectivity index (χ1) is 7.24. The Labute approximate surface area is 94.3 Å². The van der Waals surface area contributed by atoms with Crippen LogP contribution in [-0.4, -0.2) is 37.3 Å². The summed E-state index contributed by atoms with van der Waals surface area (Å²) in [5.41, 5.74) is 0. The van der Waals surface area contributed by atoms with Gasteiger partial charge in [0.25, 0.3) is 0 Å². The van der Waals surface area contributed by atoms with Gasteiger partial charge in [-0.25, -0.2) is 0 Å². The quantitative estimate of drug-likeness (QED) is 0.554. The fourth-order valence-corrected chi connectivity index (χ4v) is 1.35. The second-order valence-electron chi connectivity index (χ2n) is 3.13. The number of nitrogens with one attached hydrogen (secondary N) is 1. The second-order valence-corrected chi connectivity index (χ2v) is 3.65. The molecule has 1 aliphatic rings. The van der Waals surface area contributed by atoms with Gasteiger partial charge in [0.15, 0.2) is 6.29 Å². The van der Waals surface area contributed by atoms with Crippen molar-refractivity contribution in [3.63, 3.8) is 0 Å². The molecule has 0 bridgehead atoms. The highest BCUT2D eigenvalue weighted by Gasteiger charge is 2.19. The molecule has 1 unspecified atom stereocenters. The third-order valence-corrected chi connectivity index (χ3v) is 2.38. The number of rotatable bonds is 5. The SMILES string of the molecule is C#CCCC(Cl)C(=O)NCC1OCCO1. The topological polar surface area (TPSA) is 47.6 Å². The van der Waals surface area contributed by atoms with Crippen LogP contribution in [0.1, 0.15) is 12.8 Å². The van der Waals surface area contributed by atoms with Crippen LogP contribution in [0.3, 0.4) is 0 Å². The highest BCUT2D eigenvalue weighted by molar-refractivity contribution is 6.30. The van der Waals surface area contributed by atoms with Gasteiger partial charge in [0.1, 0.15) is 5.38 Å². The van der Waals surface area contributed by atoms with Gasteiger partial charge in [-0.2, -0.15) is 0 Å². The van der Waals surface area contributed by atoms with Crippen molar-refractivity contribution in [1.82, 2.24) is 5.32 Å². The summed E-state index contributed by atoms with van der Waals surface area (Å²) in [6.07, 6.45) is 5.71. The Bertz CT molecular complexity index is 246. The summed E-state index contributed by atoms with van der Waals surface area (Å²) < 4.78 is 10.3. The molecule has 0 saturated carbocycles. The van der Waals surface area contributed by atoms with Crippen molar-refractivity contribution in [3.05, 3.63) is 0 Å². The Hall–Kier alpha value is -0.760. The van der Waals surface area contributed by atoms with Crippen LogP contribution in [0.5, 0.6) is 0 Å². The molecule has 1 rings (SSSR count). The van der Waals surface area contributed by atoms with Gasteiger partial charge >= 0.3 is 0 Å². The lowest BCUT2D eigenvalue weighted by molar-refractivity contribution is -0.123. The van der Waals surface area contributed by atoms with E-state index in [9.17, 15) is 4.79 Å². The van der Waals surface area contributed by atoms with E-state index in [0.717, 1.165) is 0 Å². The first-order valence-corrected chi connectivity index (χ1v) is 5.26. The van der Waals surface area contributed by atoms with Crippen molar-refractivity contribution in [2.75, 3.05) is 19.8 Å². The Kier molecular flexibility index (Phi) is 5.48. The zero-order valence-electron chi connectivity index (χ0n) is 8.37. The smallest absolute Gasteiger partial charge is 0.238 e. The second kappa shape index (κ2) is 6.67. The lowest BCUT2D eigenvalue weighted by atomic mass is 10.2. The van der Waals surface area contributed by atoms with Crippen LogP contribution in [-0.2, 0) is 14.3 Å². The van der Waals surface area contributed by atoms with E-state index in [4.69, 9.17) is 27.5 Å². The molecular weight excluding hydrogens is 218 g/mol. The average Bonchev–Trinajstić information content (AvgIpc) is 2.75. The molecule has 1 amide bonds. The summed E-state index contributed by atoms with van der Waals surface area (Å²) in [5, 5.41) is 2.06. The third-order valence-electron chi connectivity index (χ3n) is 1.96. The molecule has 1 heterocycles. The van der Waals surface area contributed by atoms with Gasteiger partial charge in [-0.05, 0) is 6.42 Å². The molecule has 0 aromatic heterocycles. The average molecular weight is 232 g/mol. The third kappa shape index (κ3) is 4.52. The zero-order valence-corrected chi connectivity index (χ0v) is 9.13. The van der Waals surface area contributed by atoms with Crippen LogP contribution >= 0.6 is 11.6 Å². The van der Waals surface area contributed by atoms with Gasteiger partial charge in [-0.1, -0.05) is 0 Å². The molecular formula is C10H14ClNO3. The fraction of sp³-hybridized carbons (Fsp3) is 0.700. The summed E-state index contributed by atoms with van der Waals surface area (Å²) in [7, 11) is 0. The number of ether oxygens (including phenoxy) is 2. The van der Waals surface area contributed by atoms with Crippen LogP contribution in [0, 0.1) is 12.3 Å². The monoisotopic (exact) mass is 231 g/mol. The first-order valence-electron chi connectivity index (χ1n) is 4.82. The minimum absolute atomic E-state index is 0.231. The van der Waals surface area contributed by atoms with Gasteiger partial charge in [0.2, 0.25) is 5.91 Å². The molecule has 1 atom stereocenters. The van der Waals surface area contributed by atoms with Crippen LogP contribution in [0.15, 0.2) is 0 Å². The van der Waals surface area contributed by atoms with Crippen LogP contribution in [0.4, 0.5) is 0 Å². The van der Waals surface area contributed by atoms with Crippen LogP contribution in [0.25, 0.3) is 0 Å². The molecule has 4 nitrogen and oxygen atoms in total. The maximum absolute atomic E-state index is 11.4. The summed E-state index contributed by atoms with van der Waals surface area (Å²) in [4.78, 5) is 11.4. The van der Waals surface area contributed by atoms with Gasteiger partial charge in [0.05, 0.1) is 19.8 Å². The number of terminal acetylenes is 1. The van der Waals surface area contributed by atoms with Crippen molar-refractivity contribution in [3.8, 4) is 12.3 Å². The Morgan fingerprint density at radius 3 is 2.87 bits per heavy atom. The number of carbonyl (C=O) groups is 1. The van der Waals surface area contributed by atoms with Crippen LogP contribution < -0.4 is 5.32 Å². The minimum atomic E-state index is -0.581. The molecule has 0 radical (unpaired) electrons. The largest absolute Gasteiger partial charge is 0.350 e. The number of halogens is 1. The van der Waals surface area contributed by atoms with Crippen LogP contribution in [0.2, 0.25) is 0 Å². The van der Waals surface area contributed by atoms with Gasteiger partial charge in [-0.3, -0.25) is 4.79 Å². The predicted molar refractivity (Wildman–Crippen MR) is 56.4 cm³/mol. The summed E-state index contributed by atoms with van der Waals surface area (Å²) in [6, 6.07) is 0. The molecule has 5 heteroatoms. The molecule has 1 fully saturated rings. The lowest BCUT2D eigenvalue weighted by Crippen LogP contribution is -2.37. The highest BCUT2D eigenvalue weighted by Crippen LogP contribution is 2.06. The normalized spacial score (nSPS) is 18.4. The summed E-state index contributed by atoms with van der Waals surface area (Å²) in [6.45, 7) is 1.47. The number of hydrogen-bond acceptors (Lipinski definition) is 3. The van der Waals surface area contributed by atoms with E-state index in [1.807, 2.05) is 0 Å². The molecule has 1 N–H and O–H groups in total. The van der Waals surface area contributed by atoms with Crippen molar-refractivity contribution in [2.45, 2.75) is 24.5 Å². The van der Waals surface area contributed by atoms with E-state index in [0.29, 0.717) is 32.6 Å². The number of amides is 1. The van der Waals surface area contributed by atoms with Gasteiger partial charge in [0, 0.05) is 6.42 Å². The summed E-state index contributed by atoms with van der Waals surface area (Å²) >= 11 is 5.81. The first kappa shape index (κ1) is 12.3. The standard InChI is InChI=1S/C10H14ClNO3/c1-2-3-4-8(11)10(13)12-7-9-14-5-6-15-9/h1,8-9H,3-7H2,(H,12,13). The Morgan fingerprint density at radius 2 is 2.27 bits per heavy atom. The van der Waals surface area contributed by atoms with E-state index < -0.39 is 5.38 Å². The number of hydrogen-bond donors (Lipinski definition) is 1. The molecule has 84 valence electrons. The molecule has 0 aliphatic carbocycles. The maximum atomic E-state index is 11.4. The predicted octanol–water partition coefficient (Wildman–Crippen LogP) is 0.496. The number of alkyl halides is 1. The Balaban J connectivity index is 2.14. The van der Waals surface area contributed by atoms with Crippen molar-refractivity contribution < 1.29 is 14.3 Å². The van der Waals surface area contributed by atoms with E-state index >= 15 is 0 Å². The van der Waals surface area contributed by atoms with Crippen molar-refractivity contribution in [1.29, 1.82) is 0 Å². The van der Waals surface area contributed by atoms with E-state index in [1.54, 1.807) is 0 Å². The van der Waals surface area contributed by atoms with E-state index in [1.165, 1.54) is 0 Å². The fourth-order valence-electron chi connectivity index (χ4n) is 1.16.